The van der Waals surface area contributed by atoms with Crippen LogP contribution in [0.25, 0.3) is 11.4 Å². The van der Waals surface area contributed by atoms with Crippen LogP contribution in [-0.4, -0.2) is 47.2 Å². The van der Waals surface area contributed by atoms with Crippen molar-refractivity contribution < 1.29 is 14.1 Å². The first-order valence-electron chi connectivity index (χ1n) is 11.9. The molecule has 2 aromatic carbocycles. The minimum atomic E-state index is -0.00640. The molecule has 0 aliphatic carbocycles. The van der Waals surface area contributed by atoms with Gasteiger partial charge in [0.15, 0.2) is 0 Å². The van der Waals surface area contributed by atoms with Gasteiger partial charge in [-0.2, -0.15) is 4.98 Å². The van der Waals surface area contributed by atoms with Crippen molar-refractivity contribution >= 4 is 21.8 Å². The fourth-order valence-corrected chi connectivity index (χ4v) is 4.47. The largest absolute Gasteiger partial charge is 0.494 e. The van der Waals surface area contributed by atoms with Crippen molar-refractivity contribution in [3.8, 4) is 17.1 Å². The maximum absolute atomic E-state index is 12.7. The molecule has 8 heteroatoms. The molecular weight excluding hydrogens is 496 g/mol. The lowest BCUT2D eigenvalue weighted by atomic mass is 9.97. The summed E-state index contributed by atoms with van der Waals surface area (Å²) in [7, 11) is 0. The maximum Gasteiger partial charge on any atom is 0.241 e. The summed E-state index contributed by atoms with van der Waals surface area (Å²) in [5, 5.41) is 7.23. The van der Waals surface area contributed by atoms with E-state index in [0.29, 0.717) is 38.0 Å². The molecule has 1 unspecified atom stereocenters. The number of aryl methyl sites for hydroxylation is 1. The van der Waals surface area contributed by atoms with E-state index in [1.807, 2.05) is 43.3 Å². The van der Waals surface area contributed by atoms with Crippen LogP contribution in [0.15, 0.2) is 57.5 Å². The van der Waals surface area contributed by atoms with Crippen molar-refractivity contribution in [2.24, 2.45) is 5.92 Å². The number of rotatable bonds is 10. The van der Waals surface area contributed by atoms with Crippen LogP contribution in [0.2, 0.25) is 0 Å². The van der Waals surface area contributed by atoms with Crippen LogP contribution in [0.5, 0.6) is 5.75 Å². The Balaban J connectivity index is 1.20. The van der Waals surface area contributed by atoms with Gasteiger partial charge in [-0.15, -0.1) is 0 Å². The predicted octanol–water partition coefficient (Wildman–Crippen LogP) is 4.86. The van der Waals surface area contributed by atoms with Crippen molar-refractivity contribution in [2.75, 3.05) is 26.2 Å². The summed E-state index contributed by atoms with van der Waals surface area (Å²) >= 11 is 3.44. The van der Waals surface area contributed by atoms with Crippen molar-refractivity contribution in [3.05, 3.63) is 64.5 Å². The second-order valence-corrected chi connectivity index (χ2v) is 9.48. The molecule has 0 bridgehead atoms. The van der Waals surface area contributed by atoms with Gasteiger partial charge in [-0.05, 0) is 81.1 Å². The highest BCUT2D eigenvalue weighted by Crippen LogP contribution is 2.22. The third kappa shape index (κ3) is 6.90. The van der Waals surface area contributed by atoms with E-state index in [2.05, 4.69) is 48.4 Å². The number of aromatic nitrogens is 2. The fraction of sp³-hybridized carbons (Fsp3) is 0.423. The molecule has 7 nitrogen and oxygen atoms in total. The Kier molecular flexibility index (Phi) is 8.71. The van der Waals surface area contributed by atoms with E-state index < -0.39 is 0 Å². The number of ether oxygens (including phenoxy) is 1. The standard InChI is InChI=1S/C26H31BrN4O3/c1-2-33-23-13-7-19(8-14-23)5-3-15-28-26(32)21-6-4-16-31(17-21)18-24-29-25(30-34-24)20-9-11-22(27)12-10-20/h7-14,21H,2-6,15-18H2,1H3,(H,28,32). The van der Waals surface area contributed by atoms with Crippen LogP contribution in [0.1, 0.15) is 37.6 Å². The number of amides is 1. The lowest BCUT2D eigenvalue weighted by molar-refractivity contribution is -0.126. The first-order valence-corrected chi connectivity index (χ1v) is 12.7. The monoisotopic (exact) mass is 526 g/mol. The van der Waals surface area contributed by atoms with Gasteiger partial charge < -0.3 is 14.6 Å². The summed E-state index contributed by atoms with van der Waals surface area (Å²) in [5.74, 6) is 2.19. The topological polar surface area (TPSA) is 80.5 Å². The van der Waals surface area contributed by atoms with Crippen molar-refractivity contribution in [1.29, 1.82) is 0 Å². The second-order valence-electron chi connectivity index (χ2n) is 8.56. The highest BCUT2D eigenvalue weighted by Gasteiger charge is 2.26. The van der Waals surface area contributed by atoms with Gasteiger partial charge in [-0.1, -0.05) is 33.2 Å². The van der Waals surface area contributed by atoms with Gasteiger partial charge in [0.05, 0.1) is 19.1 Å². The highest BCUT2D eigenvalue weighted by molar-refractivity contribution is 9.10. The van der Waals surface area contributed by atoms with Gasteiger partial charge in [-0.25, -0.2) is 0 Å². The Labute approximate surface area is 209 Å². The van der Waals surface area contributed by atoms with E-state index in [1.165, 1.54) is 5.56 Å². The van der Waals surface area contributed by atoms with Gasteiger partial charge >= 0.3 is 0 Å². The molecule has 1 saturated heterocycles. The summed E-state index contributed by atoms with van der Waals surface area (Å²) in [6.07, 6.45) is 3.74. The van der Waals surface area contributed by atoms with Crippen LogP contribution < -0.4 is 10.1 Å². The smallest absolute Gasteiger partial charge is 0.241 e. The molecule has 180 valence electrons. The van der Waals surface area contributed by atoms with E-state index in [9.17, 15) is 4.79 Å². The molecule has 34 heavy (non-hydrogen) atoms. The summed E-state index contributed by atoms with van der Waals surface area (Å²) < 4.78 is 12.0. The molecule has 3 aromatic rings. The van der Waals surface area contributed by atoms with Crippen molar-refractivity contribution in [1.82, 2.24) is 20.4 Å². The number of nitrogens with zero attached hydrogens (tertiary/aromatic N) is 3. The van der Waals surface area contributed by atoms with Crippen LogP contribution in [0, 0.1) is 5.92 Å². The zero-order valence-corrected chi connectivity index (χ0v) is 21.1. The van der Waals surface area contributed by atoms with Crippen molar-refractivity contribution in [3.63, 3.8) is 0 Å². The molecular formula is C26H31BrN4O3. The van der Waals surface area contributed by atoms with Crippen LogP contribution in [0.3, 0.4) is 0 Å². The molecule has 1 aromatic heterocycles. The molecule has 0 saturated carbocycles. The van der Waals surface area contributed by atoms with E-state index in [-0.39, 0.29) is 11.8 Å². The third-order valence-electron chi connectivity index (χ3n) is 5.98. The van der Waals surface area contributed by atoms with E-state index >= 15 is 0 Å². The van der Waals surface area contributed by atoms with Crippen LogP contribution in [-0.2, 0) is 17.8 Å². The minimum Gasteiger partial charge on any atom is -0.494 e. The number of carbonyl (C=O) groups is 1. The lowest BCUT2D eigenvalue weighted by Crippen LogP contribution is -2.43. The third-order valence-corrected chi connectivity index (χ3v) is 6.51. The van der Waals surface area contributed by atoms with Gasteiger partial charge in [0, 0.05) is 23.1 Å². The first-order chi connectivity index (χ1) is 16.6. The van der Waals surface area contributed by atoms with E-state index in [0.717, 1.165) is 48.0 Å². The molecule has 1 fully saturated rings. The molecule has 0 radical (unpaired) electrons. The molecule has 1 atom stereocenters. The lowest BCUT2D eigenvalue weighted by Gasteiger charge is -2.30. The summed E-state index contributed by atoms with van der Waals surface area (Å²) in [6, 6.07) is 16.0. The molecule has 2 heterocycles. The summed E-state index contributed by atoms with van der Waals surface area (Å²) in [6.45, 7) is 5.53. The Bertz CT molecular complexity index is 1050. The van der Waals surface area contributed by atoms with Crippen LogP contribution >= 0.6 is 15.9 Å². The molecule has 1 amide bonds. The predicted molar refractivity (Wildman–Crippen MR) is 134 cm³/mol. The average Bonchev–Trinajstić information content (AvgIpc) is 3.32. The Hall–Kier alpha value is -2.71. The number of hydrogen-bond acceptors (Lipinski definition) is 6. The molecule has 1 aliphatic heterocycles. The number of benzene rings is 2. The Morgan fingerprint density at radius 3 is 2.76 bits per heavy atom. The molecule has 1 N–H and O–H groups in total. The maximum atomic E-state index is 12.7. The number of nitrogens with one attached hydrogen (secondary N) is 1. The van der Waals surface area contributed by atoms with Gasteiger partial charge in [0.2, 0.25) is 17.6 Å². The second kappa shape index (κ2) is 12.1. The molecule has 0 spiro atoms. The fourth-order valence-electron chi connectivity index (χ4n) is 4.21. The Morgan fingerprint density at radius 2 is 2.00 bits per heavy atom. The minimum absolute atomic E-state index is 0.00640. The van der Waals surface area contributed by atoms with Crippen LogP contribution in [0.4, 0.5) is 0 Å². The zero-order valence-electron chi connectivity index (χ0n) is 19.5. The molecule has 1 aliphatic rings. The van der Waals surface area contributed by atoms with Gasteiger partial charge in [0.25, 0.3) is 0 Å². The quantitative estimate of drug-likeness (QED) is 0.380. The Morgan fingerprint density at radius 1 is 1.21 bits per heavy atom. The normalized spacial score (nSPS) is 16.4. The number of hydrogen-bond donors (Lipinski definition) is 1. The first kappa shape index (κ1) is 24.4. The number of likely N-dealkylation sites (tertiary alicyclic amines) is 1. The molecule has 4 rings (SSSR count). The number of piperidine rings is 1. The van der Waals surface area contributed by atoms with Crippen molar-refractivity contribution in [2.45, 2.75) is 39.2 Å². The van der Waals surface area contributed by atoms with E-state index in [4.69, 9.17) is 9.26 Å². The SMILES string of the molecule is CCOc1ccc(CCCNC(=O)C2CCCN(Cc3nc(-c4ccc(Br)cc4)no3)C2)cc1. The summed E-state index contributed by atoms with van der Waals surface area (Å²) in [5.41, 5.74) is 2.17. The zero-order chi connectivity index (χ0) is 23.8. The number of carbonyl (C=O) groups excluding carboxylic acids is 1. The van der Waals surface area contributed by atoms with Gasteiger partial charge in [-0.3, -0.25) is 9.69 Å². The van der Waals surface area contributed by atoms with Gasteiger partial charge in [0.1, 0.15) is 5.75 Å². The highest BCUT2D eigenvalue weighted by atomic mass is 79.9. The van der Waals surface area contributed by atoms with E-state index in [1.54, 1.807) is 0 Å². The summed E-state index contributed by atoms with van der Waals surface area (Å²) in [4.78, 5) is 19.5. The average molecular weight is 527 g/mol. The number of halogens is 1.